The first-order valence-electron chi connectivity index (χ1n) is 8.26. The molecule has 0 bridgehead atoms. The van der Waals surface area contributed by atoms with Crippen molar-refractivity contribution in [3.05, 3.63) is 52.5 Å². The maximum atomic E-state index is 12.7. The molecule has 0 unspecified atom stereocenters. The van der Waals surface area contributed by atoms with Crippen LogP contribution in [0.3, 0.4) is 0 Å². The van der Waals surface area contributed by atoms with Gasteiger partial charge in [0.05, 0.1) is 23.2 Å². The maximum absolute atomic E-state index is 12.7. The van der Waals surface area contributed by atoms with Crippen LogP contribution in [-0.4, -0.2) is 37.0 Å². The zero-order chi connectivity index (χ0) is 19.4. The van der Waals surface area contributed by atoms with Crippen molar-refractivity contribution >= 4 is 21.4 Å². The topological polar surface area (TPSA) is 94.1 Å². The van der Waals surface area contributed by atoms with E-state index in [1.807, 2.05) is 6.92 Å². The molecule has 1 N–H and O–H groups in total. The van der Waals surface area contributed by atoms with E-state index in [4.69, 9.17) is 4.74 Å². The lowest BCUT2D eigenvalue weighted by Crippen LogP contribution is -2.26. The SMILES string of the molecule is COc1ccc(S(=O)(=O)NCCc2scnc2C)cc1-c1cnc(C)nc1. The maximum Gasteiger partial charge on any atom is 0.240 e. The van der Waals surface area contributed by atoms with Crippen LogP contribution in [0.2, 0.25) is 0 Å². The average molecular weight is 405 g/mol. The number of methoxy groups -OCH3 is 1. The first-order chi connectivity index (χ1) is 12.9. The van der Waals surface area contributed by atoms with Crippen molar-refractivity contribution in [3.8, 4) is 16.9 Å². The number of rotatable bonds is 7. The predicted molar refractivity (Wildman–Crippen MR) is 105 cm³/mol. The molecular weight excluding hydrogens is 384 g/mol. The number of nitrogens with one attached hydrogen (secondary N) is 1. The van der Waals surface area contributed by atoms with E-state index in [-0.39, 0.29) is 4.90 Å². The average Bonchev–Trinajstić information content (AvgIpc) is 3.06. The minimum absolute atomic E-state index is 0.167. The second-order valence-electron chi connectivity index (χ2n) is 5.89. The van der Waals surface area contributed by atoms with Gasteiger partial charge in [-0.15, -0.1) is 11.3 Å². The van der Waals surface area contributed by atoms with Crippen LogP contribution in [0.5, 0.6) is 5.75 Å². The smallest absolute Gasteiger partial charge is 0.240 e. The Morgan fingerprint density at radius 2 is 1.89 bits per heavy atom. The number of aromatic nitrogens is 3. The Labute approximate surface area is 162 Å². The number of benzene rings is 1. The lowest BCUT2D eigenvalue weighted by molar-refractivity contribution is 0.416. The summed E-state index contributed by atoms with van der Waals surface area (Å²) in [5, 5.41) is 0. The Bertz CT molecular complexity index is 1030. The summed E-state index contributed by atoms with van der Waals surface area (Å²) in [5.74, 6) is 1.20. The molecule has 0 saturated heterocycles. The normalized spacial score (nSPS) is 11.5. The molecule has 0 fully saturated rings. The van der Waals surface area contributed by atoms with Crippen LogP contribution < -0.4 is 9.46 Å². The van der Waals surface area contributed by atoms with Crippen LogP contribution >= 0.6 is 11.3 Å². The molecule has 0 aliphatic carbocycles. The van der Waals surface area contributed by atoms with E-state index < -0.39 is 10.0 Å². The minimum Gasteiger partial charge on any atom is -0.496 e. The van der Waals surface area contributed by atoms with Crippen LogP contribution in [0.1, 0.15) is 16.4 Å². The van der Waals surface area contributed by atoms with Crippen molar-refractivity contribution in [1.29, 1.82) is 0 Å². The number of hydrogen-bond donors (Lipinski definition) is 1. The Balaban J connectivity index is 1.83. The lowest BCUT2D eigenvalue weighted by Gasteiger charge is -2.12. The number of sulfonamides is 1. The molecule has 0 aliphatic heterocycles. The fraction of sp³-hybridized carbons (Fsp3) is 0.278. The monoisotopic (exact) mass is 404 g/mol. The number of ether oxygens (including phenoxy) is 1. The molecule has 9 heteroatoms. The summed E-state index contributed by atoms with van der Waals surface area (Å²) in [6.07, 6.45) is 3.90. The standard InChI is InChI=1S/C18H20N4O3S2/c1-12-18(26-11-21-12)6-7-22-27(23,24)15-4-5-17(25-3)16(8-15)14-9-19-13(2)20-10-14/h4-5,8-11,22H,6-7H2,1-3H3. The van der Waals surface area contributed by atoms with Gasteiger partial charge in [0.25, 0.3) is 0 Å². The van der Waals surface area contributed by atoms with Crippen LogP contribution in [0.4, 0.5) is 0 Å². The number of thiazole rings is 1. The highest BCUT2D eigenvalue weighted by Gasteiger charge is 2.17. The molecule has 27 heavy (non-hydrogen) atoms. The van der Waals surface area contributed by atoms with Gasteiger partial charge in [-0.25, -0.2) is 28.1 Å². The molecule has 3 rings (SSSR count). The van der Waals surface area contributed by atoms with Gasteiger partial charge in [-0.1, -0.05) is 0 Å². The first-order valence-corrected chi connectivity index (χ1v) is 10.6. The largest absolute Gasteiger partial charge is 0.496 e. The molecule has 0 atom stereocenters. The molecule has 0 aliphatic rings. The highest BCUT2D eigenvalue weighted by Crippen LogP contribution is 2.31. The third-order valence-electron chi connectivity index (χ3n) is 4.06. The number of hydrogen-bond acceptors (Lipinski definition) is 7. The van der Waals surface area contributed by atoms with E-state index in [1.54, 1.807) is 37.0 Å². The van der Waals surface area contributed by atoms with Crippen molar-refractivity contribution in [2.45, 2.75) is 25.2 Å². The summed E-state index contributed by atoms with van der Waals surface area (Å²) in [4.78, 5) is 13.8. The third-order valence-corrected chi connectivity index (χ3v) is 6.52. The zero-order valence-electron chi connectivity index (χ0n) is 15.3. The molecule has 142 valence electrons. The van der Waals surface area contributed by atoms with Gasteiger partial charge in [-0.2, -0.15) is 0 Å². The van der Waals surface area contributed by atoms with Crippen molar-refractivity contribution < 1.29 is 13.2 Å². The second kappa shape index (κ2) is 8.12. The van der Waals surface area contributed by atoms with Crippen LogP contribution in [-0.2, 0) is 16.4 Å². The summed E-state index contributed by atoms with van der Waals surface area (Å²) in [6.45, 7) is 4.01. The highest BCUT2D eigenvalue weighted by molar-refractivity contribution is 7.89. The first kappa shape index (κ1) is 19.4. The van der Waals surface area contributed by atoms with Gasteiger partial charge in [0.2, 0.25) is 10.0 Å². The Morgan fingerprint density at radius 1 is 1.15 bits per heavy atom. The van der Waals surface area contributed by atoms with Gasteiger partial charge in [0.15, 0.2) is 0 Å². The quantitative estimate of drug-likeness (QED) is 0.651. The number of nitrogens with zero attached hydrogens (tertiary/aromatic N) is 3. The van der Waals surface area contributed by atoms with Crippen molar-refractivity contribution in [1.82, 2.24) is 19.7 Å². The summed E-state index contributed by atoms with van der Waals surface area (Å²) < 4.78 is 33.4. The van der Waals surface area contributed by atoms with E-state index in [0.717, 1.165) is 10.6 Å². The fourth-order valence-electron chi connectivity index (χ4n) is 2.56. The Kier molecular flexibility index (Phi) is 5.83. The fourth-order valence-corrected chi connectivity index (χ4v) is 4.40. The molecule has 1 aromatic carbocycles. The molecule has 7 nitrogen and oxygen atoms in total. The van der Waals surface area contributed by atoms with E-state index >= 15 is 0 Å². The summed E-state index contributed by atoms with van der Waals surface area (Å²) >= 11 is 1.53. The van der Waals surface area contributed by atoms with Gasteiger partial charge < -0.3 is 4.74 Å². The number of aryl methyl sites for hydroxylation is 2. The van der Waals surface area contributed by atoms with Gasteiger partial charge in [-0.05, 0) is 38.5 Å². The lowest BCUT2D eigenvalue weighted by atomic mass is 10.1. The highest BCUT2D eigenvalue weighted by atomic mass is 32.2. The van der Waals surface area contributed by atoms with Gasteiger partial charge in [0, 0.05) is 34.9 Å². The summed E-state index contributed by atoms with van der Waals surface area (Å²) in [5.41, 5.74) is 4.01. The third kappa shape index (κ3) is 4.49. The van der Waals surface area contributed by atoms with E-state index in [0.29, 0.717) is 35.7 Å². The molecular formula is C18H20N4O3S2. The van der Waals surface area contributed by atoms with Gasteiger partial charge in [0.1, 0.15) is 11.6 Å². The predicted octanol–water partition coefficient (Wildman–Crippen LogP) is 2.75. The van der Waals surface area contributed by atoms with E-state index in [1.165, 1.54) is 24.5 Å². The summed E-state index contributed by atoms with van der Waals surface area (Å²) in [7, 11) is -2.11. The minimum atomic E-state index is -3.65. The van der Waals surface area contributed by atoms with E-state index in [2.05, 4.69) is 19.7 Å². The molecule has 0 radical (unpaired) electrons. The second-order valence-corrected chi connectivity index (χ2v) is 8.60. The zero-order valence-corrected chi connectivity index (χ0v) is 16.9. The van der Waals surface area contributed by atoms with Crippen molar-refractivity contribution in [2.75, 3.05) is 13.7 Å². The van der Waals surface area contributed by atoms with E-state index in [9.17, 15) is 8.42 Å². The van der Waals surface area contributed by atoms with Crippen LogP contribution in [0, 0.1) is 13.8 Å². The Morgan fingerprint density at radius 3 is 2.52 bits per heavy atom. The van der Waals surface area contributed by atoms with Crippen molar-refractivity contribution in [2.24, 2.45) is 0 Å². The van der Waals surface area contributed by atoms with Crippen LogP contribution in [0.15, 0.2) is 41.0 Å². The van der Waals surface area contributed by atoms with Gasteiger partial charge >= 0.3 is 0 Å². The molecule has 0 amide bonds. The molecule has 2 heterocycles. The molecule has 0 spiro atoms. The molecule has 3 aromatic rings. The molecule has 2 aromatic heterocycles. The molecule has 0 saturated carbocycles. The van der Waals surface area contributed by atoms with Crippen LogP contribution in [0.25, 0.3) is 11.1 Å². The summed E-state index contributed by atoms with van der Waals surface area (Å²) in [6, 6.07) is 4.74. The Hall–Kier alpha value is -2.36. The van der Waals surface area contributed by atoms with Crippen molar-refractivity contribution in [3.63, 3.8) is 0 Å². The van der Waals surface area contributed by atoms with Gasteiger partial charge in [-0.3, -0.25) is 0 Å².